The first kappa shape index (κ1) is 22.0. The van der Waals surface area contributed by atoms with E-state index in [1.807, 2.05) is 6.92 Å². The van der Waals surface area contributed by atoms with Crippen LogP contribution in [0.1, 0.15) is 25.1 Å². The molecule has 1 unspecified atom stereocenters. The molecule has 0 spiro atoms. The molecule has 0 fully saturated rings. The molecule has 1 aromatic heterocycles. The van der Waals surface area contributed by atoms with E-state index in [0.717, 1.165) is 11.9 Å². The smallest absolute Gasteiger partial charge is 0.253 e. The second kappa shape index (κ2) is 9.43. The Morgan fingerprint density at radius 1 is 1.27 bits per heavy atom. The number of hydrogen-bond donors (Lipinski definition) is 3. The van der Waals surface area contributed by atoms with Crippen LogP contribution in [0.2, 0.25) is 5.02 Å². The fraction of sp³-hybridized carbons (Fsp3) is 0.263. The van der Waals surface area contributed by atoms with Crippen LogP contribution in [0.25, 0.3) is 0 Å². The first-order valence-corrected chi connectivity index (χ1v) is 10.1. The number of nitrogens with one attached hydrogen (secondary N) is 2. The first-order chi connectivity index (χ1) is 14.4. The number of hydroxylamine groups is 1. The lowest BCUT2D eigenvalue weighted by molar-refractivity contribution is -0.0146. The molecule has 30 heavy (non-hydrogen) atoms. The summed E-state index contributed by atoms with van der Waals surface area (Å²) in [6, 6.07) is 2.79. The van der Waals surface area contributed by atoms with E-state index in [-0.39, 0.29) is 28.9 Å². The third-order valence-electron chi connectivity index (χ3n) is 4.40. The number of hydrogen-bond acceptors (Lipinski definition) is 10. The van der Waals surface area contributed by atoms with Gasteiger partial charge in [0.05, 0.1) is 40.6 Å². The molecular weight excluding hydrogens is 430 g/mol. The number of halogens is 1. The Hall–Kier alpha value is -2.66. The summed E-state index contributed by atoms with van der Waals surface area (Å²) in [5.74, 6) is -0.170. The zero-order chi connectivity index (χ0) is 21.8. The maximum atomic E-state index is 12.2. The monoisotopic (exact) mass is 449 g/mol. The third-order valence-corrected chi connectivity index (χ3v) is 5.83. The summed E-state index contributed by atoms with van der Waals surface area (Å²) in [6.07, 6.45) is 5.33. The summed E-state index contributed by atoms with van der Waals surface area (Å²) >= 11 is 7.24. The SMILES string of the molecule is CCC(Nc1c(Nc2ccc(Cl)c(SN(C)OC)c2O)c(=O)c1=O)c1cnccn1. The summed E-state index contributed by atoms with van der Waals surface area (Å²) in [5.41, 5.74) is -0.235. The molecule has 1 heterocycles. The highest BCUT2D eigenvalue weighted by molar-refractivity contribution is 7.97. The molecule has 11 heteroatoms. The molecule has 3 rings (SSSR count). The largest absolute Gasteiger partial charge is 0.505 e. The van der Waals surface area contributed by atoms with Crippen LogP contribution in [-0.4, -0.2) is 33.7 Å². The van der Waals surface area contributed by atoms with Crippen molar-refractivity contribution in [3.8, 4) is 5.75 Å². The first-order valence-electron chi connectivity index (χ1n) is 8.97. The van der Waals surface area contributed by atoms with Crippen molar-refractivity contribution in [3.63, 3.8) is 0 Å². The lowest BCUT2D eigenvalue weighted by Crippen LogP contribution is -2.37. The van der Waals surface area contributed by atoms with Gasteiger partial charge in [0.15, 0.2) is 5.75 Å². The summed E-state index contributed by atoms with van der Waals surface area (Å²) in [5, 5.41) is 16.8. The van der Waals surface area contributed by atoms with Crippen molar-refractivity contribution in [2.24, 2.45) is 0 Å². The van der Waals surface area contributed by atoms with Crippen LogP contribution in [0.15, 0.2) is 45.2 Å². The fourth-order valence-electron chi connectivity index (χ4n) is 2.73. The highest BCUT2D eigenvalue weighted by Crippen LogP contribution is 2.42. The predicted molar refractivity (Wildman–Crippen MR) is 117 cm³/mol. The number of phenols is 1. The number of nitrogens with zero attached hydrogens (tertiary/aromatic N) is 3. The molecule has 2 aromatic carbocycles. The Balaban J connectivity index is 1.89. The normalized spacial score (nSPS) is 12.3. The predicted octanol–water partition coefficient (Wildman–Crippen LogP) is 3.24. The van der Waals surface area contributed by atoms with E-state index >= 15 is 0 Å². The molecule has 3 aromatic rings. The lowest BCUT2D eigenvalue weighted by atomic mass is 10.1. The van der Waals surface area contributed by atoms with Gasteiger partial charge in [0.1, 0.15) is 11.4 Å². The number of aromatic hydroxyl groups is 1. The molecule has 1 atom stereocenters. The molecule has 3 N–H and O–H groups in total. The van der Waals surface area contributed by atoms with Gasteiger partial charge < -0.3 is 15.7 Å². The Morgan fingerprint density at radius 3 is 2.63 bits per heavy atom. The van der Waals surface area contributed by atoms with Gasteiger partial charge in [0, 0.05) is 19.4 Å². The van der Waals surface area contributed by atoms with E-state index in [2.05, 4.69) is 20.6 Å². The quantitative estimate of drug-likeness (QED) is 0.194. The van der Waals surface area contributed by atoms with Crippen LogP contribution < -0.4 is 21.5 Å². The van der Waals surface area contributed by atoms with Crippen LogP contribution in [-0.2, 0) is 4.84 Å². The summed E-state index contributed by atoms with van der Waals surface area (Å²) in [6.45, 7) is 1.92. The molecule has 0 saturated heterocycles. The molecule has 0 radical (unpaired) electrons. The molecule has 9 nitrogen and oxygen atoms in total. The summed E-state index contributed by atoms with van der Waals surface area (Å²) in [7, 11) is 3.12. The second-order valence-corrected chi connectivity index (χ2v) is 7.77. The van der Waals surface area contributed by atoms with Gasteiger partial charge in [-0.1, -0.05) is 18.5 Å². The molecule has 0 amide bonds. The van der Waals surface area contributed by atoms with Gasteiger partial charge in [0.25, 0.3) is 10.9 Å². The van der Waals surface area contributed by atoms with Gasteiger partial charge in [0.2, 0.25) is 0 Å². The number of phenolic OH excluding ortho intramolecular Hbond substituents is 1. The van der Waals surface area contributed by atoms with Crippen molar-refractivity contribution >= 4 is 40.6 Å². The van der Waals surface area contributed by atoms with Gasteiger partial charge in [-0.25, -0.2) is 0 Å². The molecule has 0 aliphatic rings. The minimum Gasteiger partial charge on any atom is -0.505 e. The standard InChI is InChI=1S/C19H20ClN5O4S/c1-4-11(13-9-21-7-8-22-13)23-14-15(18(28)17(14)27)24-12-6-5-10(20)19(16(12)26)30-25(2)29-3/h5-9,11,23-24,26H,4H2,1-3H3. The van der Waals surface area contributed by atoms with E-state index in [0.29, 0.717) is 22.0 Å². The van der Waals surface area contributed by atoms with Gasteiger partial charge in [-0.15, -0.1) is 4.47 Å². The average Bonchev–Trinajstić information content (AvgIpc) is 2.77. The molecule has 0 saturated carbocycles. The Labute approximate surface area is 181 Å². The number of benzene rings is 1. The molecule has 0 aliphatic heterocycles. The van der Waals surface area contributed by atoms with Crippen LogP contribution in [0.4, 0.5) is 17.1 Å². The van der Waals surface area contributed by atoms with E-state index in [9.17, 15) is 14.7 Å². The van der Waals surface area contributed by atoms with Gasteiger partial charge in [-0.3, -0.25) is 24.4 Å². The molecular formula is C19H20ClN5O4S. The number of rotatable bonds is 9. The fourth-order valence-corrected chi connectivity index (χ4v) is 3.67. The number of anilines is 3. The van der Waals surface area contributed by atoms with Gasteiger partial charge in [-0.2, -0.15) is 0 Å². The van der Waals surface area contributed by atoms with Crippen molar-refractivity contribution in [2.45, 2.75) is 24.3 Å². The van der Waals surface area contributed by atoms with Crippen LogP contribution in [0.5, 0.6) is 5.75 Å². The zero-order valence-corrected chi connectivity index (χ0v) is 18.0. The summed E-state index contributed by atoms with van der Waals surface area (Å²) < 4.78 is 1.40. The van der Waals surface area contributed by atoms with E-state index in [4.69, 9.17) is 16.4 Å². The Bertz CT molecular complexity index is 1100. The topological polar surface area (TPSA) is 117 Å². The van der Waals surface area contributed by atoms with Crippen LogP contribution >= 0.6 is 23.5 Å². The minimum absolute atomic E-state index is 0.0657. The van der Waals surface area contributed by atoms with Crippen molar-refractivity contribution in [1.29, 1.82) is 0 Å². The maximum absolute atomic E-state index is 12.2. The highest BCUT2D eigenvalue weighted by Gasteiger charge is 2.25. The van der Waals surface area contributed by atoms with Crippen molar-refractivity contribution in [1.82, 2.24) is 14.4 Å². The lowest BCUT2D eigenvalue weighted by Gasteiger charge is -2.22. The Morgan fingerprint density at radius 2 is 2.00 bits per heavy atom. The van der Waals surface area contributed by atoms with Crippen molar-refractivity contribution in [2.75, 3.05) is 24.8 Å². The van der Waals surface area contributed by atoms with Gasteiger partial charge >= 0.3 is 0 Å². The average molecular weight is 450 g/mol. The molecule has 0 bridgehead atoms. The number of aromatic nitrogens is 2. The van der Waals surface area contributed by atoms with E-state index in [1.54, 1.807) is 31.7 Å². The van der Waals surface area contributed by atoms with E-state index in [1.165, 1.54) is 17.6 Å². The summed E-state index contributed by atoms with van der Waals surface area (Å²) in [4.78, 5) is 38.0. The minimum atomic E-state index is -0.677. The van der Waals surface area contributed by atoms with Crippen LogP contribution in [0, 0.1) is 0 Å². The van der Waals surface area contributed by atoms with Crippen LogP contribution in [0.3, 0.4) is 0 Å². The molecule has 0 aliphatic carbocycles. The zero-order valence-electron chi connectivity index (χ0n) is 16.5. The van der Waals surface area contributed by atoms with Crippen molar-refractivity contribution in [3.05, 3.63) is 61.9 Å². The maximum Gasteiger partial charge on any atom is 0.253 e. The Kier molecular flexibility index (Phi) is 6.93. The van der Waals surface area contributed by atoms with Crippen molar-refractivity contribution < 1.29 is 9.94 Å². The van der Waals surface area contributed by atoms with E-state index < -0.39 is 10.9 Å². The third kappa shape index (κ3) is 4.41. The molecule has 158 valence electrons. The highest BCUT2D eigenvalue weighted by atomic mass is 35.5. The van der Waals surface area contributed by atoms with Gasteiger partial charge in [-0.05, 0) is 30.5 Å². The second-order valence-electron chi connectivity index (χ2n) is 6.25.